The summed E-state index contributed by atoms with van der Waals surface area (Å²) in [6, 6.07) is 10.0. The van der Waals surface area contributed by atoms with Gasteiger partial charge in [-0.25, -0.2) is 0 Å². The van der Waals surface area contributed by atoms with Gasteiger partial charge in [0.2, 0.25) is 0 Å². The van der Waals surface area contributed by atoms with Crippen molar-refractivity contribution in [3.63, 3.8) is 0 Å². The fourth-order valence-electron chi connectivity index (χ4n) is 2.56. The van der Waals surface area contributed by atoms with Crippen molar-refractivity contribution in [2.75, 3.05) is 0 Å². The fourth-order valence-corrected chi connectivity index (χ4v) is 2.56. The summed E-state index contributed by atoms with van der Waals surface area (Å²) in [7, 11) is 0. The Labute approximate surface area is 135 Å². The number of ketones is 2. The number of rotatable bonds is 13. The maximum atomic E-state index is 11.8. The Morgan fingerprint density at radius 1 is 0.727 bits per heavy atom. The van der Waals surface area contributed by atoms with E-state index < -0.39 is 0 Å². The molecule has 0 fully saturated rings. The molecule has 0 unspecified atom stereocenters. The summed E-state index contributed by atoms with van der Waals surface area (Å²) in [6.07, 6.45) is 10.0. The predicted molar refractivity (Wildman–Crippen MR) is 92.0 cm³/mol. The monoisotopic (exact) mass is 302 g/mol. The summed E-state index contributed by atoms with van der Waals surface area (Å²) in [4.78, 5) is 23.6. The van der Waals surface area contributed by atoms with E-state index in [0.717, 1.165) is 19.3 Å². The van der Waals surface area contributed by atoms with E-state index in [4.69, 9.17) is 0 Å². The van der Waals surface area contributed by atoms with Crippen molar-refractivity contribution in [1.82, 2.24) is 0 Å². The highest BCUT2D eigenvalue weighted by Crippen LogP contribution is 2.10. The van der Waals surface area contributed by atoms with Crippen molar-refractivity contribution < 1.29 is 9.59 Å². The molecule has 0 aliphatic heterocycles. The quantitative estimate of drug-likeness (QED) is 0.464. The van der Waals surface area contributed by atoms with Crippen molar-refractivity contribution >= 4 is 11.6 Å². The summed E-state index contributed by atoms with van der Waals surface area (Å²) in [5.41, 5.74) is 1.19. The molecular weight excluding hydrogens is 272 g/mol. The summed E-state index contributed by atoms with van der Waals surface area (Å²) < 4.78 is 0. The molecule has 0 saturated heterocycles. The summed E-state index contributed by atoms with van der Waals surface area (Å²) >= 11 is 0. The zero-order valence-electron chi connectivity index (χ0n) is 14.0. The number of carbonyl (C=O) groups is 2. The van der Waals surface area contributed by atoms with Crippen molar-refractivity contribution in [2.45, 2.75) is 77.6 Å². The van der Waals surface area contributed by atoms with Crippen molar-refractivity contribution in [3.8, 4) is 0 Å². The molecule has 0 N–H and O–H groups in total. The lowest BCUT2D eigenvalue weighted by atomic mass is 10.0. The maximum absolute atomic E-state index is 11.8. The second-order valence-electron chi connectivity index (χ2n) is 6.08. The van der Waals surface area contributed by atoms with Gasteiger partial charge in [0.15, 0.2) is 0 Å². The van der Waals surface area contributed by atoms with Gasteiger partial charge in [-0.3, -0.25) is 9.59 Å². The van der Waals surface area contributed by atoms with Gasteiger partial charge in [0.05, 0.1) is 0 Å². The molecule has 1 rings (SSSR count). The minimum Gasteiger partial charge on any atom is -0.300 e. The van der Waals surface area contributed by atoms with Crippen LogP contribution in [0.25, 0.3) is 0 Å². The summed E-state index contributed by atoms with van der Waals surface area (Å²) in [6.45, 7) is 2.21. The highest BCUT2D eigenvalue weighted by atomic mass is 16.1. The van der Waals surface area contributed by atoms with Crippen LogP contribution in [-0.2, 0) is 16.0 Å². The Morgan fingerprint density at radius 2 is 1.32 bits per heavy atom. The van der Waals surface area contributed by atoms with E-state index in [1.54, 1.807) is 0 Å². The van der Waals surface area contributed by atoms with Crippen molar-refractivity contribution in [1.29, 1.82) is 0 Å². The zero-order valence-corrected chi connectivity index (χ0v) is 14.0. The molecule has 0 saturated carbocycles. The number of benzene rings is 1. The molecule has 2 heteroatoms. The molecule has 0 heterocycles. The van der Waals surface area contributed by atoms with Gasteiger partial charge < -0.3 is 0 Å². The first-order valence-electron chi connectivity index (χ1n) is 8.79. The maximum Gasteiger partial charge on any atom is 0.133 e. The van der Waals surface area contributed by atoms with E-state index in [1.807, 2.05) is 30.3 Å². The number of carbonyl (C=O) groups excluding carboxylic acids is 2. The van der Waals surface area contributed by atoms with E-state index in [2.05, 4.69) is 6.92 Å². The third-order valence-electron chi connectivity index (χ3n) is 4.03. The number of unbranched alkanes of at least 4 members (excludes halogenated alkanes) is 5. The first-order valence-corrected chi connectivity index (χ1v) is 8.79. The number of hydrogen-bond acceptors (Lipinski definition) is 2. The molecule has 0 radical (unpaired) electrons. The molecule has 22 heavy (non-hydrogen) atoms. The Kier molecular flexibility index (Phi) is 10.3. The van der Waals surface area contributed by atoms with Gasteiger partial charge >= 0.3 is 0 Å². The topological polar surface area (TPSA) is 34.1 Å². The Balaban J connectivity index is 2.02. The van der Waals surface area contributed by atoms with Gasteiger partial charge in [-0.15, -0.1) is 0 Å². The number of aryl methyl sites for hydroxylation is 1. The van der Waals surface area contributed by atoms with Crippen molar-refractivity contribution in [3.05, 3.63) is 35.9 Å². The van der Waals surface area contributed by atoms with Gasteiger partial charge in [0, 0.05) is 25.7 Å². The molecule has 122 valence electrons. The van der Waals surface area contributed by atoms with Gasteiger partial charge in [-0.1, -0.05) is 69.4 Å². The zero-order chi connectivity index (χ0) is 16.0. The molecule has 0 aliphatic rings. The van der Waals surface area contributed by atoms with Gasteiger partial charge in [-0.2, -0.15) is 0 Å². The fraction of sp³-hybridized carbons (Fsp3) is 0.600. The first-order chi connectivity index (χ1) is 10.7. The van der Waals surface area contributed by atoms with E-state index in [9.17, 15) is 9.59 Å². The molecule has 1 aromatic rings. The Morgan fingerprint density at radius 3 is 2.00 bits per heavy atom. The Hall–Kier alpha value is -1.44. The standard InChI is InChI=1S/C20H30O2/c1-2-3-4-5-6-10-13-19(21)16-17-20(22)15-14-18-11-8-7-9-12-18/h7-9,11-12H,2-6,10,13-17H2,1H3. The molecule has 0 atom stereocenters. The van der Waals surface area contributed by atoms with Crippen LogP contribution in [0.5, 0.6) is 0 Å². The normalized spacial score (nSPS) is 10.6. The number of Topliss-reactive ketones (excluding diaryl/α,β-unsaturated/α-hetero) is 2. The van der Waals surface area contributed by atoms with E-state index in [0.29, 0.717) is 25.7 Å². The average molecular weight is 302 g/mol. The molecule has 1 aromatic carbocycles. The largest absolute Gasteiger partial charge is 0.300 e. The minimum atomic E-state index is 0.208. The van der Waals surface area contributed by atoms with Crippen LogP contribution in [-0.4, -0.2) is 11.6 Å². The van der Waals surface area contributed by atoms with Crippen molar-refractivity contribution in [2.24, 2.45) is 0 Å². The smallest absolute Gasteiger partial charge is 0.133 e. The summed E-state index contributed by atoms with van der Waals surface area (Å²) in [5.74, 6) is 0.462. The highest BCUT2D eigenvalue weighted by Gasteiger charge is 2.07. The molecule has 0 amide bonds. The van der Waals surface area contributed by atoms with Crippen LogP contribution in [0.3, 0.4) is 0 Å². The van der Waals surface area contributed by atoms with E-state index >= 15 is 0 Å². The van der Waals surface area contributed by atoms with Crippen LogP contribution in [0.2, 0.25) is 0 Å². The highest BCUT2D eigenvalue weighted by molar-refractivity contribution is 5.86. The second-order valence-corrected chi connectivity index (χ2v) is 6.08. The van der Waals surface area contributed by atoms with Gasteiger partial charge in [0.1, 0.15) is 11.6 Å². The predicted octanol–water partition coefficient (Wildman–Crippen LogP) is 5.29. The van der Waals surface area contributed by atoms with Crippen LogP contribution in [0.4, 0.5) is 0 Å². The van der Waals surface area contributed by atoms with Crippen LogP contribution in [0.1, 0.15) is 76.7 Å². The molecule has 0 bridgehead atoms. The van der Waals surface area contributed by atoms with Crippen LogP contribution in [0, 0.1) is 0 Å². The molecular formula is C20H30O2. The first kappa shape index (κ1) is 18.6. The lowest BCUT2D eigenvalue weighted by Crippen LogP contribution is -2.05. The van der Waals surface area contributed by atoms with Gasteiger partial charge in [0.25, 0.3) is 0 Å². The summed E-state index contributed by atoms with van der Waals surface area (Å²) in [5, 5.41) is 0. The Bertz CT molecular complexity index is 423. The SMILES string of the molecule is CCCCCCCCC(=O)CCC(=O)CCc1ccccc1. The van der Waals surface area contributed by atoms with Crippen LogP contribution < -0.4 is 0 Å². The molecule has 2 nitrogen and oxygen atoms in total. The van der Waals surface area contributed by atoms with E-state index in [-0.39, 0.29) is 11.6 Å². The molecule has 0 aromatic heterocycles. The average Bonchev–Trinajstić information content (AvgIpc) is 2.55. The van der Waals surface area contributed by atoms with Crippen LogP contribution >= 0.6 is 0 Å². The van der Waals surface area contributed by atoms with Gasteiger partial charge in [-0.05, 0) is 18.4 Å². The number of hydrogen-bond donors (Lipinski definition) is 0. The van der Waals surface area contributed by atoms with E-state index in [1.165, 1.54) is 31.2 Å². The lowest BCUT2D eigenvalue weighted by molar-refractivity contribution is -0.124. The third kappa shape index (κ3) is 9.49. The second kappa shape index (κ2) is 12.1. The molecule has 0 spiro atoms. The minimum absolute atomic E-state index is 0.208. The van der Waals surface area contributed by atoms with Crippen LogP contribution in [0.15, 0.2) is 30.3 Å². The lowest BCUT2D eigenvalue weighted by Gasteiger charge is -2.03. The third-order valence-corrected chi connectivity index (χ3v) is 4.03. The molecule has 0 aliphatic carbocycles.